The van der Waals surface area contributed by atoms with E-state index < -0.39 is 0 Å². The summed E-state index contributed by atoms with van der Waals surface area (Å²) in [6, 6.07) is 12.4. The van der Waals surface area contributed by atoms with Crippen LogP contribution < -0.4 is 10.5 Å². The molecule has 0 radical (unpaired) electrons. The van der Waals surface area contributed by atoms with Crippen LogP contribution in [0, 0.1) is 6.92 Å². The molecule has 0 bridgehead atoms. The van der Waals surface area contributed by atoms with E-state index in [1.165, 1.54) is 11.1 Å². The molecule has 0 spiro atoms. The summed E-state index contributed by atoms with van der Waals surface area (Å²) in [5.74, 6) is 0.884. The van der Waals surface area contributed by atoms with Crippen LogP contribution in [-0.4, -0.2) is 0 Å². The SMILES string of the molecule is Cc1ccc(COc2ccc3c(c2)CCC3N)c(Cl)c1. The van der Waals surface area contributed by atoms with Crippen LogP contribution in [0.4, 0.5) is 0 Å². The van der Waals surface area contributed by atoms with Gasteiger partial charge in [-0.05, 0) is 54.7 Å². The van der Waals surface area contributed by atoms with E-state index in [1.807, 2.05) is 31.2 Å². The number of halogens is 1. The lowest BCUT2D eigenvalue weighted by Crippen LogP contribution is -2.05. The Morgan fingerprint density at radius 2 is 2.10 bits per heavy atom. The Hall–Kier alpha value is -1.51. The first kappa shape index (κ1) is 13.5. The van der Waals surface area contributed by atoms with Crippen molar-refractivity contribution in [1.82, 2.24) is 0 Å². The first-order valence-corrected chi connectivity index (χ1v) is 7.27. The molecule has 20 heavy (non-hydrogen) atoms. The predicted octanol–water partition coefficient (Wildman–Crippen LogP) is 4.17. The third kappa shape index (κ3) is 2.67. The zero-order chi connectivity index (χ0) is 14.1. The summed E-state index contributed by atoms with van der Waals surface area (Å²) in [6.45, 7) is 2.52. The third-order valence-electron chi connectivity index (χ3n) is 3.84. The van der Waals surface area contributed by atoms with Gasteiger partial charge in [-0.3, -0.25) is 0 Å². The maximum atomic E-state index is 6.21. The Balaban J connectivity index is 1.73. The van der Waals surface area contributed by atoms with Crippen molar-refractivity contribution in [3.63, 3.8) is 0 Å². The molecule has 104 valence electrons. The van der Waals surface area contributed by atoms with Crippen LogP contribution in [0.5, 0.6) is 5.75 Å². The Labute approximate surface area is 124 Å². The molecule has 2 aromatic rings. The van der Waals surface area contributed by atoms with Gasteiger partial charge in [0, 0.05) is 16.6 Å². The average Bonchev–Trinajstić information content (AvgIpc) is 2.79. The number of nitrogens with two attached hydrogens (primary N) is 1. The molecule has 0 saturated heterocycles. The molecule has 0 heterocycles. The predicted molar refractivity (Wildman–Crippen MR) is 82.2 cm³/mol. The topological polar surface area (TPSA) is 35.2 Å². The molecule has 1 unspecified atom stereocenters. The molecule has 0 amide bonds. The summed E-state index contributed by atoms with van der Waals surface area (Å²) in [5.41, 5.74) is 10.8. The minimum Gasteiger partial charge on any atom is -0.489 e. The largest absolute Gasteiger partial charge is 0.489 e. The number of hydrogen-bond donors (Lipinski definition) is 1. The lowest BCUT2D eigenvalue weighted by Gasteiger charge is -2.10. The van der Waals surface area contributed by atoms with Gasteiger partial charge in [0.1, 0.15) is 12.4 Å². The Morgan fingerprint density at radius 3 is 2.90 bits per heavy atom. The van der Waals surface area contributed by atoms with Crippen LogP contribution in [0.3, 0.4) is 0 Å². The van der Waals surface area contributed by atoms with Gasteiger partial charge in [-0.1, -0.05) is 29.8 Å². The van der Waals surface area contributed by atoms with Crippen molar-refractivity contribution in [2.75, 3.05) is 0 Å². The molecule has 0 aromatic heterocycles. The Bertz CT molecular complexity index is 639. The van der Waals surface area contributed by atoms with Crippen LogP contribution in [0.15, 0.2) is 36.4 Å². The molecule has 2 nitrogen and oxygen atoms in total. The lowest BCUT2D eigenvalue weighted by atomic mass is 10.1. The van der Waals surface area contributed by atoms with Crippen molar-refractivity contribution in [2.45, 2.75) is 32.4 Å². The fourth-order valence-electron chi connectivity index (χ4n) is 2.65. The third-order valence-corrected chi connectivity index (χ3v) is 4.19. The highest BCUT2D eigenvalue weighted by molar-refractivity contribution is 6.31. The van der Waals surface area contributed by atoms with Gasteiger partial charge >= 0.3 is 0 Å². The molecule has 0 aliphatic heterocycles. The fraction of sp³-hybridized carbons (Fsp3) is 0.294. The zero-order valence-corrected chi connectivity index (χ0v) is 12.3. The van der Waals surface area contributed by atoms with E-state index in [-0.39, 0.29) is 6.04 Å². The molecule has 3 heteroatoms. The Morgan fingerprint density at radius 1 is 1.25 bits per heavy atom. The van der Waals surface area contributed by atoms with Crippen molar-refractivity contribution >= 4 is 11.6 Å². The van der Waals surface area contributed by atoms with E-state index in [1.54, 1.807) is 0 Å². The zero-order valence-electron chi connectivity index (χ0n) is 11.5. The minimum atomic E-state index is 0.186. The minimum absolute atomic E-state index is 0.186. The first-order valence-electron chi connectivity index (χ1n) is 6.90. The van der Waals surface area contributed by atoms with Crippen molar-refractivity contribution in [3.05, 3.63) is 63.7 Å². The number of fused-ring (bicyclic) bond motifs is 1. The maximum absolute atomic E-state index is 6.21. The van der Waals surface area contributed by atoms with Crippen LogP contribution in [0.25, 0.3) is 0 Å². The second kappa shape index (κ2) is 5.47. The van der Waals surface area contributed by atoms with Gasteiger partial charge in [0.05, 0.1) is 0 Å². The van der Waals surface area contributed by atoms with E-state index >= 15 is 0 Å². The summed E-state index contributed by atoms with van der Waals surface area (Å²) < 4.78 is 5.85. The number of aryl methyl sites for hydroxylation is 2. The van der Waals surface area contributed by atoms with Crippen molar-refractivity contribution in [3.8, 4) is 5.75 Å². The molecule has 2 N–H and O–H groups in total. The molecule has 0 saturated carbocycles. The summed E-state index contributed by atoms with van der Waals surface area (Å²) in [5, 5.41) is 0.758. The number of rotatable bonds is 3. The van der Waals surface area contributed by atoms with E-state index in [0.717, 1.165) is 34.7 Å². The molecule has 0 fully saturated rings. The van der Waals surface area contributed by atoms with E-state index in [2.05, 4.69) is 12.1 Å². The van der Waals surface area contributed by atoms with Crippen LogP contribution in [-0.2, 0) is 13.0 Å². The fourth-order valence-corrected chi connectivity index (χ4v) is 2.94. The van der Waals surface area contributed by atoms with Gasteiger partial charge in [0.25, 0.3) is 0 Å². The van der Waals surface area contributed by atoms with Crippen LogP contribution >= 0.6 is 11.6 Å². The summed E-state index contributed by atoms with van der Waals surface area (Å²) in [6.07, 6.45) is 2.07. The smallest absolute Gasteiger partial charge is 0.120 e. The van der Waals surface area contributed by atoms with Crippen LogP contribution in [0.1, 0.15) is 34.7 Å². The maximum Gasteiger partial charge on any atom is 0.120 e. The normalized spacial score (nSPS) is 17.1. The van der Waals surface area contributed by atoms with E-state index in [0.29, 0.717) is 6.61 Å². The van der Waals surface area contributed by atoms with Crippen molar-refractivity contribution < 1.29 is 4.74 Å². The molecule has 2 aromatic carbocycles. The standard InChI is InChI=1S/C17H18ClNO/c1-11-2-3-13(16(18)8-11)10-20-14-5-6-15-12(9-14)4-7-17(15)19/h2-3,5-6,8-9,17H,4,7,10,19H2,1H3. The monoisotopic (exact) mass is 287 g/mol. The second-order valence-electron chi connectivity index (χ2n) is 5.39. The van der Waals surface area contributed by atoms with Crippen molar-refractivity contribution in [2.24, 2.45) is 5.73 Å². The van der Waals surface area contributed by atoms with Gasteiger partial charge in [0.2, 0.25) is 0 Å². The highest BCUT2D eigenvalue weighted by Gasteiger charge is 2.19. The molecule has 1 atom stereocenters. The van der Waals surface area contributed by atoms with Gasteiger partial charge in [0.15, 0.2) is 0 Å². The van der Waals surface area contributed by atoms with Crippen molar-refractivity contribution in [1.29, 1.82) is 0 Å². The molecular weight excluding hydrogens is 270 g/mol. The highest BCUT2D eigenvalue weighted by atomic mass is 35.5. The van der Waals surface area contributed by atoms with Gasteiger partial charge in [-0.15, -0.1) is 0 Å². The molecular formula is C17H18ClNO. The van der Waals surface area contributed by atoms with E-state index in [9.17, 15) is 0 Å². The number of benzene rings is 2. The summed E-state index contributed by atoms with van der Waals surface area (Å²) in [7, 11) is 0. The lowest BCUT2D eigenvalue weighted by molar-refractivity contribution is 0.306. The van der Waals surface area contributed by atoms with Crippen LogP contribution in [0.2, 0.25) is 5.02 Å². The van der Waals surface area contributed by atoms with Gasteiger partial charge < -0.3 is 10.5 Å². The molecule has 1 aliphatic carbocycles. The average molecular weight is 288 g/mol. The number of ether oxygens (including phenoxy) is 1. The second-order valence-corrected chi connectivity index (χ2v) is 5.80. The quantitative estimate of drug-likeness (QED) is 0.919. The molecule has 1 aliphatic rings. The summed E-state index contributed by atoms with van der Waals surface area (Å²) >= 11 is 6.21. The summed E-state index contributed by atoms with van der Waals surface area (Å²) in [4.78, 5) is 0. The molecule has 3 rings (SSSR count). The first-order chi connectivity index (χ1) is 9.63. The van der Waals surface area contributed by atoms with E-state index in [4.69, 9.17) is 22.1 Å². The Kier molecular flexibility index (Phi) is 3.68. The van der Waals surface area contributed by atoms with Gasteiger partial charge in [-0.2, -0.15) is 0 Å². The van der Waals surface area contributed by atoms with Gasteiger partial charge in [-0.25, -0.2) is 0 Å². The highest BCUT2D eigenvalue weighted by Crippen LogP contribution is 2.32. The number of hydrogen-bond acceptors (Lipinski definition) is 2.